The lowest BCUT2D eigenvalue weighted by atomic mass is 9.84. The van der Waals surface area contributed by atoms with Crippen LogP contribution in [0.5, 0.6) is 0 Å². The minimum atomic E-state index is -0.0751. The van der Waals surface area contributed by atoms with Gasteiger partial charge in [0.25, 0.3) is 0 Å². The van der Waals surface area contributed by atoms with Gasteiger partial charge < -0.3 is 18.6 Å². The van der Waals surface area contributed by atoms with Crippen LogP contribution in [0.1, 0.15) is 95.7 Å². The molecule has 0 N–H and O–H groups in total. The number of benzene rings is 7. The highest BCUT2D eigenvalue weighted by Gasteiger charge is 2.30. The molecule has 0 saturated carbocycles. The molecule has 0 aliphatic heterocycles. The zero-order valence-electron chi connectivity index (χ0n) is 40.5. The summed E-state index contributed by atoms with van der Waals surface area (Å²) in [5.41, 5.74) is 17.6. The van der Waals surface area contributed by atoms with E-state index in [1.807, 2.05) is 24.5 Å². The van der Waals surface area contributed by atoms with Gasteiger partial charge in [-0.15, -0.1) is 0 Å². The predicted molar refractivity (Wildman–Crippen MR) is 282 cm³/mol. The molecule has 0 fully saturated rings. The molecule has 0 amide bonds. The molecular formula is C61H61ClN2O2. The maximum Gasteiger partial charge on any atom is 0.136 e. The summed E-state index contributed by atoms with van der Waals surface area (Å²) in [7, 11) is 0. The van der Waals surface area contributed by atoms with Gasteiger partial charge in [0, 0.05) is 27.6 Å². The zero-order chi connectivity index (χ0) is 46.9. The second-order valence-electron chi connectivity index (χ2n) is 21.1. The molecule has 9 aromatic rings. The molecule has 0 radical (unpaired) electrons. The van der Waals surface area contributed by atoms with Gasteiger partial charge in [0.2, 0.25) is 0 Å². The Morgan fingerprint density at radius 2 is 1.06 bits per heavy atom. The molecular weight excluding hydrogens is 828 g/mol. The highest BCUT2D eigenvalue weighted by atomic mass is 35.5. The van der Waals surface area contributed by atoms with Crippen LogP contribution >= 0.6 is 11.6 Å². The van der Waals surface area contributed by atoms with Gasteiger partial charge in [-0.05, 0) is 149 Å². The van der Waals surface area contributed by atoms with E-state index in [4.69, 9.17) is 20.4 Å². The summed E-state index contributed by atoms with van der Waals surface area (Å²) in [5.74, 6) is 0.825. The van der Waals surface area contributed by atoms with E-state index in [9.17, 15) is 0 Å². The Bertz CT molecular complexity index is 3190. The summed E-state index contributed by atoms with van der Waals surface area (Å²) < 4.78 is 12.8. The number of furan rings is 2. The average Bonchev–Trinajstić information content (AvgIpc) is 3.90. The monoisotopic (exact) mass is 888 g/mol. The smallest absolute Gasteiger partial charge is 0.136 e. The number of halogens is 1. The molecule has 2 heterocycles. The minimum Gasteiger partial charge on any atom is -0.462 e. The van der Waals surface area contributed by atoms with Crippen molar-refractivity contribution in [3.05, 3.63) is 190 Å². The van der Waals surface area contributed by atoms with Gasteiger partial charge in [0.05, 0.1) is 33.5 Å². The van der Waals surface area contributed by atoms with E-state index in [1.54, 1.807) is 0 Å². The third-order valence-corrected chi connectivity index (χ3v) is 13.3. The van der Waals surface area contributed by atoms with Gasteiger partial charge in [-0.1, -0.05) is 147 Å². The van der Waals surface area contributed by atoms with Gasteiger partial charge in [0.15, 0.2) is 0 Å². The van der Waals surface area contributed by atoms with Gasteiger partial charge in [-0.2, -0.15) is 0 Å². The van der Waals surface area contributed by atoms with Crippen molar-refractivity contribution < 1.29 is 8.83 Å². The quantitative estimate of drug-likeness (QED) is 0.152. The second-order valence-corrected chi connectivity index (χ2v) is 21.5. The first-order chi connectivity index (χ1) is 31.3. The highest BCUT2D eigenvalue weighted by Crippen LogP contribution is 2.52. The number of anilines is 6. The largest absolute Gasteiger partial charge is 0.462 e. The summed E-state index contributed by atoms with van der Waals surface area (Å²) in [5, 5.41) is 2.72. The first-order valence-corrected chi connectivity index (χ1v) is 23.5. The fourth-order valence-electron chi connectivity index (χ4n) is 9.18. The molecule has 0 bridgehead atoms. The standard InChI is InChI=1S/C61H61ClN2O2/c1-38-30-51(57(62)52(31-38)64(58-39(2)32-46(33-40(58)3)61(10,11)12)53-37-65-55-29-25-45(36-49(53)55)60(7,8)9)63(47-26-22-42(23-27-47)56-34-43-20-16-17-21-54(43)66-56)50-28-24-44(59(4,5)6)35-48(50)41-18-14-13-15-19-41/h13-37H,1-12H3. The molecule has 2 aromatic heterocycles. The number of hydrogen-bond acceptors (Lipinski definition) is 4. The first kappa shape index (κ1) is 44.7. The van der Waals surface area contributed by atoms with Crippen LogP contribution < -0.4 is 9.80 Å². The van der Waals surface area contributed by atoms with E-state index in [1.165, 1.54) is 16.7 Å². The molecule has 0 aliphatic carbocycles. The van der Waals surface area contributed by atoms with Gasteiger partial charge in [-0.25, -0.2) is 0 Å². The predicted octanol–water partition coefficient (Wildman–Crippen LogP) is 18.9. The lowest BCUT2D eigenvalue weighted by molar-refractivity contribution is 0.589. The van der Waals surface area contributed by atoms with Crippen LogP contribution in [0, 0.1) is 20.8 Å². The molecule has 7 aromatic carbocycles. The lowest BCUT2D eigenvalue weighted by Gasteiger charge is -2.34. The maximum absolute atomic E-state index is 8.15. The summed E-state index contributed by atoms with van der Waals surface area (Å²) in [6.45, 7) is 27.0. The molecule has 66 heavy (non-hydrogen) atoms. The van der Waals surface area contributed by atoms with E-state index < -0.39 is 0 Å². The van der Waals surface area contributed by atoms with Crippen LogP contribution in [0.4, 0.5) is 34.1 Å². The number of nitrogens with zero attached hydrogens (tertiary/aromatic N) is 2. The van der Waals surface area contributed by atoms with Crippen molar-refractivity contribution in [2.24, 2.45) is 0 Å². The van der Waals surface area contributed by atoms with Crippen LogP contribution in [-0.4, -0.2) is 0 Å². The van der Waals surface area contributed by atoms with Crippen LogP contribution in [0.15, 0.2) is 161 Å². The second kappa shape index (κ2) is 16.7. The summed E-state index contributed by atoms with van der Waals surface area (Å²) in [4.78, 5) is 4.68. The van der Waals surface area contributed by atoms with Crippen LogP contribution in [0.2, 0.25) is 5.02 Å². The molecule has 0 spiro atoms. The Morgan fingerprint density at radius 3 is 1.70 bits per heavy atom. The number of aryl methyl sites for hydroxylation is 3. The van der Waals surface area contributed by atoms with Gasteiger partial charge >= 0.3 is 0 Å². The van der Waals surface area contributed by atoms with Gasteiger partial charge in [0.1, 0.15) is 23.2 Å². The Labute approximate surface area is 396 Å². The van der Waals surface area contributed by atoms with Crippen molar-refractivity contribution in [2.75, 3.05) is 9.80 Å². The van der Waals surface area contributed by atoms with E-state index in [-0.39, 0.29) is 16.2 Å². The van der Waals surface area contributed by atoms with Crippen molar-refractivity contribution in [1.29, 1.82) is 0 Å². The number of fused-ring (bicyclic) bond motifs is 2. The third-order valence-electron chi connectivity index (χ3n) is 12.9. The van der Waals surface area contributed by atoms with E-state index >= 15 is 0 Å². The Morgan fingerprint density at radius 1 is 0.470 bits per heavy atom. The third kappa shape index (κ3) is 8.44. The first-order valence-electron chi connectivity index (χ1n) is 23.1. The molecule has 9 rings (SSSR count). The molecule has 5 heteroatoms. The summed E-state index contributed by atoms with van der Waals surface area (Å²) in [6, 6.07) is 52.2. The van der Waals surface area contributed by atoms with Crippen molar-refractivity contribution in [3.8, 4) is 22.5 Å². The Hall–Kier alpha value is -6.49. The van der Waals surface area contributed by atoms with Crippen LogP contribution in [-0.2, 0) is 16.2 Å². The van der Waals surface area contributed by atoms with Crippen molar-refractivity contribution in [3.63, 3.8) is 0 Å². The number of hydrogen-bond donors (Lipinski definition) is 0. The molecule has 0 unspecified atom stereocenters. The molecule has 334 valence electrons. The number of para-hydroxylation sites is 1. The topological polar surface area (TPSA) is 32.8 Å². The SMILES string of the molecule is Cc1cc(N(c2ccc(-c3cc4ccccc4o3)cc2)c2ccc(C(C)(C)C)cc2-c2ccccc2)c(Cl)c(N(c2c(C)cc(C(C)(C)C)cc2C)c2coc3ccc(C(C)(C)C)cc23)c1. The minimum absolute atomic E-state index is 0.0313. The van der Waals surface area contributed by atoms with E-state index in [2.05, 4.69) is 220 Å². The maximum atomic E-state index is 8.15. The fourth-order valence-corrected chi connectivity index (χ4v) is 9.46. The molecule has 4 nitrogen and oxygen atoms in total. The average molecular weight is 890 g/mol. The van der Waals surface area contributed by atoms with Crippen LogP contribution in [0.3, 0.4) is 0 Å². The molecule has 0 aliphatic rings. The summed E-state index contributed by atoms with van der Waals surface area (Å²) in [6.07, 6.45) is 1.90. The lowest BCUT2D eigenvalue weighted by Crippen LogP contribution is -2.18. The normalized spacial score (nSPS) is 12.3. The van der Waals surface area contributed by atoms with Crippen LogP contribution in [0.25, 0.3) is 44.4 Å². The fraction of sp³-hybridized carbons (Fsp3) is 0.246. The summed E-state index contributed by atoms with van der Waals surface area (Å²) >= 11 is 8.15. The number of rotatable bonds is 8. The Balaban J connectivity index is 1.32. The van der Waals surface area contributed by atoms with Crippen molar-refractivity contribution >= 4 is 67.7 Å². The zero-order valence-corrected chi connectivity index (χ0v) is 41.3. The van der Waals surface area contributed by atoms with Crippen molar-refractivity contribution in [2.45, 2.75) is 99.3 Å². The molecule has 0 atom stereocenters. The van der Waals surface area contributed by atoms with Gasteiger partial charge in [-0.3, -0.25) is 0 Å². The Kier molecular flexibility index (Phi) is 11.3. The molecule has 0 saturated heterocycles. The van der Waals surface area contributed by atoms with E-state index in [0.29, 0.717) is 5.02 Å². The van der Waals surface area contributed by atoms with E-state index in [0.717, 1.165) is 95.2 Å². The highest BCUT2D eigenvalue weighted by molar-refractivity contribution is 6.37. The van der Waals surface area contributed by atoms with Crippen molar-refractivity contribution in [1.82, 2.24) is 0 Å².